The van der Waals surface area contributed by atoms with Crippen LogP contribution in [0.4, 0.5) is 0 Å². The third-order valence-corrected chi connectivity index (χ3v) is 5.82. The van der Waals surface area contributed by atoms with E-state index >= 15 is 0 Å². The van der Waals surface area contributed by atoms with Crippen LogP contribution in [0.5, 0.6) is 11.5 Å². The van der Waals surface area contributed by atoms with Crippen molar-refractivity contribution in [2.75, 3.05) is 6.61 Å². The SMILES string of the molecule is CCOc1cc(C=C(C#N)S(=O)(=O)c2ccccc2)ccc1OC(=O)C1CC1. The number of benzene rings is 2. The van der Waals surface area contributed by atoms with Crippen LogP contribution in [-0.2, 0) is 14.6 Å². The third kappa shape index (κ3) is 4.41. The summed E-state index contributed by atoms with van der Waals surface area (Å²) >= 11 is 0. The van der Waals surface area contributed by atoms with Crippen LogP contribution in [-0.4, -0.2) is 21.0 Å². The number of nitriles is 1. The van der Waals surface area contributed by atoms with Gasteiger partial charge in [0.2, 0.25) is 9.84 Å². The summed E-state index contributed by atoms with van der Waals surface area (Å²) in [5, 5.41) is 9.40. The predicted molar refractivity (Wildman–Crippen MR) is 103 cm³/mol. The zero-order chi connectivity index (χ0) is 20.1. The van der Waals surface area contributed by atoms with Gasteiger partial charge in [-0.25, -0.2) is 8.42 Å². The maximum absolute atomic E-state index is 12.7. The Morgan fingerprint density at radius 1 is 1.18 bits per heavy atom. The van der Waals surface area contributed by atoms with Crippen molar-refractivity contribution in [3.63, 3.8) is 0 Å². The summed E-state index contributed by atoms with van der Waals surface area (Å²) in [6.07, 6.45) is 2.93. The summed E-state index contributed by atoms with van der Waals surface area (Å²) in [4.78, 5) is 11.6. The molecule has 2 aromatic rings. The summed E-state index contributed by atoms with van der Waals surface area (Å²) in [7, 11) is -3.93. The molecule has 0 amide bonds. The minimum atomic E-state index is -3.93. The fourth-order valence-corrected chi connectivity index (χ4v) is 3.71. The van der Waals surface area contributed by atoms with E-state index in [2.05, 4.69) is 0 Å². The van der Waals surface area contributed by atoms with E-state index in [0.717, 1.165) is 12.8 Å². The second kappa shape index (κ2) is 8.28. The lowest BCUT2D eigenvalue weighted by Crippen LogP contribution is -2.11. The zero-order valence-corrected chi connectivity index (χ0v) is 16.1. The highest BCUT2D eigenvalue weighted by molar-refractivity contribution is 7.95. The van der Waals surface area contributed by atoms with E-state index in [-0.39, 0.29) is 27.4 Å². The Bertz CT molecular complexity index is 1050. The summed E-state index contributed by atoms with van der Waals surface area (Å²) < 4.78 is 36.3. The highest BCUT2D eigenvalue weighted by Crippen LogP contribution is 2.35. The molecule has 3 rings (SSSR count). The first-order chi connectivity index (χ1) is 13.5. The number of allylic oxidation sites excluding steroid dienone is 1. The van der Waals surface area contributed by atoms with E-state index in [4.69, 9.17) is 9.47 Å². The highest BCUT2D eigenvalue weighted by Gasteiger charge is 2.32. The summed E-state index contributed by atoms with van der Waals surface area (Å²) in [6, 6.07) is 14.2. The van der Waals surface area contributed by atoms with E-state index in [9.17, 15) is 18.5 Å². The number of carbonyl (C=O) groups excluding carboxylic acids is 1. The van der Waals surface area contributed by atoms with Crippen molar-refractivity contribution in [3.8, 4) is 17.6 Å². The Hall–Kier alpha value is -3.11. The summed E-state index contributed by atoms with van der Waals surface area (Å²) in [5.74, 6) is 0.240. The van der Waals surface area contributed by atoms with Crippen LogP contribution in [0.15, 0.2) is 58.3 Å². The van der Waals surface area contributed by atoms with Gasteiger partial charge in [-0.05, 0) is 55.7 Å². The minimum absolute atomic E-state index is 0.0443. The normalized spacial score (nSPS) is 14.2. The van der Waals surface area contributed by atoms with Crippen molar-refractivity contribution in [1.82, 2.24) is 0 Å². The Morgan fingerprint density at radius 3 is 2.50 bits per heavy atom. The van der Waals surface area contributed by atoms with E-state index in [0.29, 0.717) is 17.9 Å². The number of hydrogen-bond donors (Lipinski definition) is 0. The molecule has 0 spiro atoms. The van der Waals surface area contributed by atoms with E-state index < -0.39 is 9.84 Å². The molecule has 7 heteroatoms. The van der Waals surface area contributed by atoms with Gasteiger partial charge < -0.3 is 9.47 Å². The van der Waals surface area contributed by atoms with E-state index in [1.54, 1.807) is 49.4 Å². The van der Waals surface area contributed by atoms with E-state index in [1.165, 1.54) is 18.2 Å². The lowest BCUT2D eigenvalue weighted by molar-refractivity contribution is -0.135. The predicted octanol–water partition coefficient (Wildman–Crippen LogP) is 3.74. The van der Waals surface area contributed by atoms with Crippen LogP contribution in [0.3, 0.4) is 0 Å². The van der Waals surface area contributed by atoms with Crippen LogP contribution in [0.25, 0.3) is 6.08 Å². The molecular weight excluding hydrogens is 378 g/mol. The Morgan fingerprint density at radius 2 is 1.89 bits per heavy atom. The van der Waals surface area contributed by atoms with Gasteiger partial charge in [0, 0.05) is 0 Å². The van der Waals surface area contributed by atoms with Crippen LogP contribution in [0.1, 0.15) is 25.3 Å². The number of rotatable bonds is 7. The van der Waals surface area contributed by atoms with Gasteiger partial charge in [0.05, 0.1) is 17.4 Å². The average molecular weight is 397 g/mol. The quantitative estimate of drug-likeness (QED) is 0.401. The van der Waals surface area contributed by atoms with Gasteiger partial charge in [0.1, 0.15) is 11.0 Å². The first kappa shape index (κ1) is 19.6. The van der Waals surface area contributed by atoms with Crippen molar-refractivity contribution in [2.24, 2.45) is 5.92 Å². The molecule has 0 aromatic heterocycles. The fourth-order valence-electron chi connectivity index (χ4n) is 2.53. The molecule has 0 atom stereocenters. The van der Waals surface area contributed by atoms with Gasteiger partial charge in [0.25, 0.3) is 0 Å². The molecule has 0 radical (unpaired) electrons. The van der Waals surface area contributed by atoms with Crippen molar-refractivity contribution < 1.29 is 22.7 Å². The number of hydrogen-bond acceptors (Lipinski definition) is 6. The molecule has 0 bridgehead atoms. The topological polar surface area (TPSA) is 93.5 Å². The zero-order valence-electron chi connectivity index (χ0n) is 15.3. The van der Waals surface area contributed by atoms with Crippen LogP contribution in [0.2, 0.25) is 0 Å². The summed E-state index contributed by atoms with van der Waals surface area (Å²) in [6.45, 7) is 2.13. The second-order valence-electron chi connectivity index (χ2n) is 6.27. The molecule has 1 fully saturated rings. The van der Waals surface area contributed by atoms with Crippen molar-refractivity contribution in [3.05, 3.63) is 59.0 Å². The van der Waals surface area contributed by atoms with Crippen LogP contribution >= 0.6 is 0 Å². The Kier molecular flexibility index (Phi) is 5.81. The molecule has 1 aliphatic rings. The van der Waals surface area contributed by atoms with Crippen LogP contribution in [0, 0.1) is 17.2 Å². The molecule has 6 nitrogen and oxygen atoms in total. The first-order valence-electron chi connectivity index (χ1n) is 8.86. The van der Waals surface area contributed by atoms with E-state index in [1.807, 2.05) is 0 Å². The molecular formula is C21H19NO5S. The number of nitrogens with zero attached hydrogens (tertiary/aromatic N) is 1. The molecule has 0 saturated heterocycles. The lowest BCUT2D eigenvalue weighted by atomic mass is 10.2. The number of esters is 1. The van der Waals surface area contributed by atoms with Crippen molar-refractivity contribution in [1.29, 1.82) is 5.26 Å². The first-order valence-corrected chi connectivity index (χ1v) is 10.3. The smallest absolute Gasteiger partial charge is 0.314 e. The van der Waals surface area contributed by atoms with Crippen LogP contribution < -0.4 is 9.47 Å². The van der Waals surface area contributed by atoms with Gasteiger partial charge in [-0.1, -0.05) is 24.3 Å². The standard InChI is InChI=1S/C21H19NO5S/c1-2-26-20-13-15(8-11-19(20)27-21(23)16-9-10-16)12-18(14-22)28(24,25)17-6-4-3-5-7-17/h3-8,11-13,16H,2,9-10H2,1H3. The van der Waals surface area contributed by atoms with Crippen molar-refractivity contribution in [2.45, 2.75) is 24.7 Å². The minimum Gasteiger partial charge on any atom is -0.490 e. The number of ether oxygens (including phenoxy) is 2. The number of sulfone groups is 1. The van der Waals surface area contributed by atoms with Gasteiger partial charge in [-0.15, -0.1) is 0 Å². The molecule has 1 saturated carbocycles. The summed E-state index contributed by atoms with van der Waals surface area (Å²) in [5.41, 5.74) is 0.450. The number of carbonyl (C=O) groups is 1. The maximum atomic E-state index is 12.7. The molecule has 2 aromatic carbocycles. The lowest BCUT2D eigenvalue weighted by Gasteiger charge is -2.11. The molecule has 144 valence electrons. The Labute approximate surface area is 163 Å². The molecule has 28 heavy (non-hydrogen) atoms. The monoisotopic (exact) mass is 397 g/mol. The van der Waals surface area contributed by atoms with Crippen molar-refractivity contribution >= 4 is 21.9 Å². The third-order valence-electron chi connectivity index (χ3n) is 4.14. The van der Waals surface area contributed by atoms with Gasteiger partial charge in [0.15, 0.2) is 11.5 Å². The average Bonchev–Trinajstić information content (AvgIpc) is 3.54. The molecule has 0 unspecified atom stereocenters. The maximum Gasteiger partial charge on any atom is 0.314 e. The largest absolute Gasteiger partial charge is 0.490 e. The fraction of sp³-hybridized carbons (Fsp3) is 0.238. The second-order valence-corrected chi connectivity index (χ2v) is 8.19. The Balaban J connectivity index is 1.94. The molecule has 0 heterocycles. The highest BCUT2D eigenvalue weighted by atomic mass is 32.2. The molecule has 0 aliphatic heterocycles. The van der Waals surface area contributed by atoms with Gasteiger partial charge in [-0.2, -0.15) is 5.26 Å². The van der Waals surface area contributed by atoms with Gasteiger partial charge in [-0.3, -0.25) is 4.79 Å². The molecule has 1 aliphatic carbocycles. The molecule has 0 N–H and O–H groups in total. The van der Waals surface area contributed by atoms with Gasteiger partial charge >= 0.3 is 5.97 Å².